The number of ether oxygens (including phenoxy) is 1. The van der Waals surface area contributed by atoms with Crippen LogP contribution in [0.25, 0.3) is 0 Å². The highest BCUT2D eigenvalue weighted by Crippen LogP contribution is 2.27. The zero-order chi connectivity index (χ0) is 16.8. The number of hydrogen-bond acceptors (Lipinski definition) is 3. The Labute approximate surface area is 153 Å². The number of carbonyl (C=O) groups excluding carboxylic acids is 1. The SMILES string of the molecule is COc1ccc(CSCC(=O)Nc2ccc(C)cc2Cl)cc1Br. The van der Waals surface area contributed by atoms with Gasteiger partial charge in [-0.15, -0.1) is 11.8 Å². The number of rotatable bonds is 6. The monoisotopic (exact) mass is 413 g/mol. The molecular formula is C17H17BrClNO2S. The number of carbonyl (C=O) groups is 1. The quantitative estimate of drug-likeness (QED) is 0.698. The molecule has 0 spiro atoms. The number of halogens is 2. The summed E-state index contributed by atoms with van der Waals surface area (Å²) in [5.74, 6) is 1.85. The first-order valence-electron chi connectivity index (χ1n) is 6.95. The lowest BCUT2D eigenvalue weighted by atomic mass is 10.2. The molecular weight excluding hydrogens is 398 g/mol. The van der Waals surface area contributed by atoms with E-state index in [0.717, 1.165) is 27.1 Å². The molecule has 0 saturated heterocycles. The Bertz CT molecular complexity index is 709. The van der Waals surface area contributed by atoms with Gasteiger partial charge < -0.3 is 10.1 Å². The number of thioether (sulfide) groups is 1. The van der Waals surface area contributed by atoms with Gasteiger partial charge in [0.15, 0.2) is 0 Å². The van der Waals surface area contributed by atoms with E-state index in [1.807, 2.05) is 43.3 Å². The summed E-state index contributed by atoms with van der Waals surface area (Å²) in [4.78, 5) is 12.0. The summed E-state index contributed by atoms with van der Waals surface area (Å²) in [6, 6.07) is 11.5. The zero-order valence-corrected chi connectivity index (χ0v) is 16.0. The Morgan fingerprint density at radius 2 is 2.09 bits per heavy atom. The molecule has 6 heteroatoms. The maximum absolute atomic E-state index is 12.0. The van der Waals surface area contributed by atoms with Gasteiger partial charge in [-0.25, -0.2) is 0 Å². The van der Waals surface area contributed by atoms with E-state index in [4.69, 9.17) is 16.3 Å². The zero-order valence-electron chi connectivity index (χ0n) is 12.9. The molecule has 0 aliphatic heterocycles. The molecule has 0 unspecified atom stereocenters. The first-order chi connectivity index (χ1) is 11.0. The molecule has 0 bridgehead atoms. The van der Waals surface area contributed by atoms with Crippen LogP contribution >= 0.6 is 39.3 Å². The largest absolute Gasteiger partial charge is 0.496 e. The Kier molecular flexibility index (Phi) is 6.81. The van der Waals surface area contributed by atoms with Crippen molar-refractivity contribution in [1.82, 2.24) is 0 Å². The molecule has 0 atom stereocenters. The highest BCUT2D eigenvalue weighted by molar-refractivity contribution is 9.10. The summed E-state index contributed by atoms with van der Waals surface area (Å²) in [6.07, 6.45) is 0. The molecule has 23 heavy (non-hydrogen) atoms. The lowest BCUT2D eigenvalue weighted by Gasteiger charge is -2.08. The third kappa shape index (κ3) is 5.44. The molecule has 122 valence electrons. The predicted molar refractivity (Wildman–Crippen MR) is 102 cm³/mol. The van der Waals surface area contributed by atoms with Crippen molar-refractivity contribution in [2.24, 2.45) is 0 Å². The Morgan fingerprint density at radius 1 is 1.30 bits per heavy atom. The second-order valence-electron chi connectivity index (χ2n) is 4.99. The molecule has 3 nitrogen and oxygen atoms in total. The third-order valence-corrected chi connectivity index (χ3v) is 5.05. The van der Waals surface area contributed by atoms with Gasteiger partial charge in [-0.3, -0.25) is 4.79 Å². The molecule has 0 aliphatic rings. The first-order valence-corrected chi connectivity index (χ1v) is 9.28. The fraction of sp³-hybridized carbons (Fsp3) is 0.235. The second kappa shape index (κ2) is 8.62. The van der Waals surface area contributed by atoms with Crippen LogP contribution in [0.4, 0.5) is 5.69 Å². The van der Waals surface area contributed by atoms with E-state index in [9.17, 15) is 4.79 Å². The van der Waals surface area contributed by atoms with E-state index in [1.54, 1.807) is 18.9 Å². The molecule has 0 saturated carbocycles. The number of methoxy groups -OCH3 is 1. The first kappa shape index (κ1) is 18.2. The van der Waals surface area contributed by atoms with Crippen LogP contribution in [0.2, 0.25) is 5.02 Å². The van der Waals surface area contributed by atoms with Crippen LogP contribution < -0.4 is 10.1 Å². The molecule has 0 fully saturated rings. The number of anilines is 1. The molecule has 0 heterocycles. The van der Waals surface area contributed by atoms with Gasteiger partial charge >= 0.3 is 0 Å². The second-order valence-corrected chi connectivity index (χ2v) is 7.24. The highest BCUT2D eigenvalue weighted by Gasteiger charge is 2.07. The fourth-order valence-electron chi connectivity index (χ4n) is 1.97. The Balaban J connectivity index is 1.84. The van der Waals surface area contributed by atoms with Crippen molar-refractivity contribution in [3.05, 3.63) is 57.0 Å². The molecule has 0 aliphatic carbocycles. The van der Waals surface area contributed by atoms with E-state index in [1.165, 1.54) is 0 Å². The summed E-state index contributed by atoms with van der Waals surface area (Å²) in [6.45, 7) is 1.96. The van der Waals surface area contributed by atoms with E-state index < -0.39 is 0 Å². The topological polar surface area (TPSA) is 38.3 Å². The van der Waals surface area contributed by atoms with E-state index >= 15 is 0 Å². The molecule has 2 rings (SSSR count). The van der Waals surface area contributed by atoms with Crippen molar-refractivity contribution in [3.63, 3.8) is 0 Å². The van der Waals surface area contributed by atoms with E-state index in [0.29, 0.717) is 16.5 Å². The van der Waals surface area contributed by atoms with Gasteiger partial charge in [-0.1, -0.05) is 23.7 Å². The highest BCUT2D eigenvalue weighted by atomic mass is 79.9. The smallest absolute Gasteiger partial charge is 0.234 e. The molecule has 1 N–H and O–H groups in total. The van der Waals surface area contributed by atoms with Gasteiger partial charge in [0.2, 0.25) is 5.91 Å². The van der Waals surface area contributed by atoms with Gasteiger partial charge in [0.1, 0.15) is 5.75 Å². The molecule has 2 aromatic rings. The third-order valence-electron chi connectivity index (χ3n) is 3.12. The standard InChI is InChI=1S/C17H17BrClNO2S/c1-11-3-5-15(14(19)7-11)20-17(21)10-23-9-12-4-6-16(22-2)13(18)8-12/h3-8H,9-10H2,1-2H3,(H,20,21). The summed E-state index contributed by atoms with van der Waals surface area (Å²) in [7, 11) is 1.63. The van der Waals surface area contributed by atoms with Crippen LogP contribution in [0.1, 0.15) is 11.1 Å². The van der Waals surface area contributed by atoms with Crippen LogP contribution in [0.3, 0.4) is 0 Å². The number of hydrogen-bond donors (Lipinski definition) is 1. The maximum atomic E-state index is 12.0. The lowest BCUT2D eigenvalue weighted by molar-refractivity contribution is -0.113. The summed E-state index contributed by atoms with van der Waals surface area (Å²) >= 11 is 11.1. The maximum Gasteiger partial charge on any atom is 0.234 e. The van der Waals surface area contributed by atoms with Crippen LogP contribution in [0, 0.1) is 6.92 Å². The van der Waals surface area contributed by atoms with Crippen molar-refractivity contribution >= 4 is 50.9 Å². The number of nitrogens with one attached hydrogen (secondary N) is 1. The number of aryl methyl sites for hydroxylation is 1. The van der Waals surface area contributed by atoms with Crippen LogP contribution in [-0.4, -0.2) is 18.8 Å². The fourth-order valence-corrected chi connectivity index (χ4v) is 3.61. The Morgan fingerprint density at radius 3 is 2.74 bits per heavy atom. The number of amides is 1. The van der Waals surface area contributed by atoms with Gasteiger partial charge in [-0.2, -0.15) is 0 Å². The minimum absolute atomic E-state index is 0.0617. The van der Waals surface area contributed by atoms with Crippen LogP contribution in [-0.2, 0) is 10.5 Å². The average Bonchev–Trinajstić information content (AvgIpc) is 2.50. The molecule has 1 amide bonds. The van der Waals surface area contributed by atoms with Crippen molar-refractivity contribution in [1.29, 1.82) is 0 Å². The summed E-state index contributed by atoms with van der Waals surface area (Å²) in [5.41, 5.74) is 2.84. The normalized spacial score (nSPS) is 10.4. The van der Waals surface area contributed by atoms with Crippen molar-refractivity contribution < 1.29 is 9.53 Å². The van der Waals surface area contributed by atoms with E-state index in [2.05, 4.69) is 21.2 Å². The number of benzene rings is 2. The lowest BCUT2D eigenvalue weighted by Crippen LogP contribution is -2.14. The van der Waals surface area contributed by atoms with Crippen LogP contribution in [0.15, 0.2) is 40.9 Å². The minimum atomic E-state index is -0.0617. The van der Waals surface area contributed by atoms with Gasteiger partial charge in [0.25, 0.3) is 0 Å². The van der Waals surface area contributed by atoms with Gasteiger partial charge in [0, 0.05) is 5.75 Å². The van der Waals surface area contributed by atoms with Gasteiger partial charge in [0.05, 0.1) is 28.0 Å². The molecule has 0 aromatic heterocycles. The summed E-state index contributed by atoms with van der Waals surface area (Å²) < 4.78 is 6.11. The van der Waals surface area contributed by atoms with Crippen molar-refractivity contribution in [2.45, 2.75) is 12.7 Å². The molecule has 0 radical (unpaired) electrons. The van der Waals surface area contributed by atoms with Crippen LogP contribution in [0.5, 0.6) is 5.75 Å². The minimum Gasteiger partial charge on any atom is -0.496 e. The van der Waals surface area contributed by atoms with E-state index in [-0.39, 0.29) is 5.91 Å². The predicted octanol–water partition coefficient (Wildman–Crippen LogP) is 5.29. The van der Waals surface area contributed by atoms with Crippen molar-refractivity contribution in [2.75, 3.05) is 18.2 Å². The molecule has 2 aromatic carbocycles. The summed E-state index contributed by atoms with van der Waals surface area (Å²) in [5, 5.41) is 3.39. The Hall–Kier alpha value is -1.17. The van der Waals surface area contributed by atoms with Gasteiger partial charge in [-0.05, 0) is 58.2 Å². The average molecular weight is 415 g/mol. The van der Waals surface area contributed by atoms with Crippen molar-refractivity contribution in [3.8, 4) is 5.75 Å².